The first kappa shape index (κ1) is 16.1. The Balaban J connectivity index is 1.74. The highest BCUT2D eigenvalue weighted by atomic mass is 19.3. The number of aliphatic hydroxyl groups is 1. The van der Waals surface area contributed by atoms with Gasteiger partial charge in [-0.25, -0.2) is 27.5 Å². The van der Waals surface area contributed by atoms with Gasteiger partial charge in [0.15, 0.2) is 0 Å². The second-order valence-corrected chi connectivity index (χ2v) is 5.04. The minimum atomic E-state index is -2.54. The molecule has 3 rings (SSSR count). The van der Waals surface area contributed by atoms with E-state index in [-0.39, 0.29) is 12.2 Å². The standard InChI is InChI=1S/C14H13F3N6O/c15-10-3-1-9(2-4-10)14(24)11-5-22(21-20-11)7-13-18-8-19-23(13)6-12(16)17/h1-5,8,12,14,24H,6-7H2. The molecule has 1 N–H and O–H groups in total. The number of hydrogen-bond acceptors (Lipinski definition) is 5. The SMILES string of the molecule is OC(c1ccc(F)cc1)c1cn(Cc2ncnn2CC(F)F)nn1. The summed E-state index contributed by atoms with van der Waals surface area (Å²) >= 11 is 0. The topological polar surface area (TPSA) is 81.6 Å². The summed E-state index contributed by atoms with van der Waals surface area (Å²) in [4.78, 5) is 3.91. The predicted molar refractivity (Wildman–Crippen MR) is 75.6 cm³/mol. The molecule has 0 fully saturated rings. The van der Waals surface area contributed by atoms with Crippen LogP contribution in [0.1, 0.15) is 23.2 Å². The Kier molecular flexibility index (Phi) is 4.56. The van der Waals surface area contributed by atoms with Gasteiger partial charge in [0.05, 0.1) is 6.20 Å². The van der Waals surface area contributed by atoms with Crippen molar-refractivity contribution in [3.05, 3.63) is 59.7 Å². The van der Waals surface area contributed by atoms with Crippen LogP contribution in [0.4, 0.5) is 13.2 Å². The van der Waals surface area contributed by atoms with E-state index in [2.05, 4.69) is 20.4 Å². The van der Waals surface area contributed by atoms with Crippen molar-refractivity contribution in [2.24, 2.45) is 0 Å². The predicted octanol–water partition coefficient (Wildman–Crippen LogP) is 1.40. The van der Waals surface area contributed by atoms with Gasteiger partial charge in [0.2, 0.25) is 0 Å². The zero-order valence-electron chi connectivity index (χ0n) is 12.3. The number of aliphatic hydroxyl groups excluding tert-OH is 1. The first-order valence-corrected chi connectivity index (χ1v) is 7.01. The Morgan fingerprint density at radius 2 is 1.92 bits per heavy atom. The summed E-state index contributed by atoms with van der Waals surface area (Å²) in [5, 5.41) is 21.6. The lowest BCUT2D eigenvalue weighted by Gasteiger charge is -2.07. The zero-order chi connectivity index (χ0) is 17.1. The normalized spacial score (nSPS) is 12.7. The summed E-state index contributed by atoms with van der Waals surface area (Å²) in [6, 6.07) is 5.35. The van der Waals surface area contributed by atoms with Gasteiger partial charge in [-0.05, 0) is 17.7 Å². The van der Waals surface area contributed by atoms with Gasteiger partial charge in [-0.3, -0.25) is 0 Å². The molecular formula is C14H13F3N6O. The lowest BCUT2D eigenvalue weighted by atomic mass is 10.1. The zero-order valence-corrected chi connectivity index (χ0v) is 12.3. The van der Waals surface area contributed by atoms with Crippen LogP contribution in [0.3, 0.4) is 0 Å². The van der Waals surface area contributed by atoms with Gasteiger partial charge in [-0.15, -0.1) is 5.10 Å². The molecule has 1 unspecified atom stereocenters. The number of benzene rings is 1. The summed E-state index contributed by atoms with van der Waals surface area (Å²) < 4.78 is 40.3. The highest BCUT2D eigenvalue weighted by Crippen LogP contribution is 2.20. The summed E-state index contributed by atoms with van der Waals surface area (Å²) in [5.41, 5.74) is 0.714. The highest BCUT2D eigenvalue weighted by Gasteiger charge is 2.16. The molecule has 0 amide bonds. The van der Waals surface area contributed by atoms with Crippen molar-refractivity contribution < 1.29 is 18.3 Å². The molecule has 0 bridgehead atoms. The fourth-order valence-electron chi connectivity index (χ4n) is 2.17. The first-order chi connectivity index (χ1) is 11.5. The fraction of sp³-hybridized carbons (Fsp3) is 0.286. The molecular weight excluding hydrogens is 325 g/mol. The van der Waals surface area contributed by atoms with Crippen molar-refractivity contribution in [1.82, 2.24) is 29.8 Å². The van der Waals surface area contributed by atoms with Crippen LogP contribution in [-0.2, 0) is 13.1 Å². The van der Waals surface area contributed by atoms with Crippen LogP contribution in [0.15, 0.2) is 36.8 Å². The van der Waals surface area contributed by atoms with E-state index in [0.717, 1.165) is 4.68 Å². The van der Waals surface area contributed by atoms with E-state index in [1.807, 2.05) is 0 Å². The molecule has 1 aromatic carbocycles. The van der Waals surface area contributed by atoms with Gasteiger partial charge >= 0.3 is 0 Å². The average Bonchev–Trinajstić information content (AvgIpc) is 3.17. The van der Waals surface area contributed by atoms with Crippen LogP contribution in [0.25, 0.3) is 0 Å². The van der Waals surface area contributed by atoms with Crippen LogP contribution < -0.4 is 0 Å². The largest absolute Gasteiger partial charge is 0.382 e. The molecule has 126 valence electrons. The number of nitrogens with zero attached hydrogens (tertiary/aromatic N) is 6. The molecule has 2 heterocycles. The Hall–Kier alpha value is -2.75. The smallest absolute Gasteiger partial charge is 0.257 e. The highest BCUT2D eigenvalue weighted by molar-refractivity contribution is 5.24. The van der Waals surface area contributed by atoms with Gasteiger partial charge < -0.3 is 5.11 Å². The number of alkyl halides is 2. The van der Waals surface area contributed by atoms with Crippen molar-refractivity contribution in [2.75, 3.05) is 0 Å². The third-order valence-electron chi connectivity index (χ3n) is 3.33. The molecule has 0 saturated carbocycles. The fourth-order valence-corrected chi connectivity index (χ4v) is 2.17. The number of rotatable bonds is 6. The minimum Gasteiger partial charge on any atom is -0.382 e. The molecule has 24 heavy (non-hydrogen) atoms. The van der Waals surface area contributed by atoms with Gasteiger partial charge in [-0.2, -0.15) is 5.10 Å². The third-order valence-corrected chi connectivity index (χ3v) is 3.33. The van der Waals surface area contributed by atoms with Crippen molar-refractivity contribution in [3.63, 3.8) is 0 Å². The maximum absolute atomic E-state index is 12.9. The van der Waals surface area contributed by atoms with E-state index in [9.17, 15) is 18.3 Å². The molecule has 10 heteroatoms. The van der Waals surface area contributed by atoms with Crippen LogP contribution >= 0.6 is 0 Å². The van der Waals surface area contributed by atoms with Gasteiger partial charge in [0.25, 0.3) is 6.43 Å². The van der Waals surface area contributed by atoms with Crippen molar-refractivity contribution in [1.29, 1.82) is 0 Å². The van der Waals surface area contributed by atoms with Crippen molar-refractivity contribution in [3.8, 4) is 0 Å². The summed E-state index contributed by atoms with van der Waals surface area (Å²) in [7, 11) is 0. The minimum absolute atomic E-state index is 0.0792. The van der Waals surface area contributed by atoms with Gasteiger partial charge in [0.1, 0.15) is 42.9 Å². The molecule has 0 spiro atoms. The lowest BCUT2D eigenvalue weighted by Crippen LogP contribution is -2.14. The maximum Gasteiger partial charge on any atom is 0.257 e. The lowest BCUT2D eigenvalue weighted by molar-refractivity contribution is 0.120. The Bertz CT molecular complexity index is 801. The molecule has 3 aromatic rings. The summed E-state index contributed by atoms with van der Waals surface area (Å²) in [5.74, 6) is -0.115. The van der Waals surface area contributed by atoms with E-state index in [1.54, 1.807) is 0 Å². The average molecular weight is 338 g/mol. The quantitative estimate of drug-likeness (QED) is 0.735. The summed E-state index contributed by atoms with van der Waals surface area (Å²) in [6.07, 6.45) is -0.964. The van der Waals surface area contributed by atoms with Crippen molar-refractivity contribution in [2.45, 2.75) is 25.6 Å². The van der Waals surface area contributed by atoms with Crippen molar-refractivity contribution >= 4 is 0 Å². The van der Waals surface area contributed by atoms with Crippen LogP contribution in [0, 0.1) is 5.82 Å². The molecule has 1 atom stereocenters. The molecule has 2 aromatic heterocycles. The van der Waals surface area contributed by atoms with E-state index < -0.39 is 24.9 Å². The van der Waals surface area contributed by atoms with E-state index in [4.69, 9.17) is 0 Å². The molecule has 7 nitrogen and oxygen atoms in total. The molecule has 0 aliphatic heterocycles. The van der Waals surface area contributed by atoms with Gasteiger partial charge in [0, 0.05) is 0 Å². The van der Waals surface area contributed by atoms with E-state index >= 15 is 0 Å². The molecule has 0 radical (unpaired) electrons. The molecule has 0 aliphatic rings. The molecule has 0 saturated heterocycles. The summed E-state index contributed by atoms with van der Waals surface area (Å²) in [6.45, 7) is -0.481. The second kappa shape index (κ2) is 6.79. The maximum atomic E-state index is 12.9. The van der Waals surface area contributed by atoms with Crippen LogP contribution in [0.5, 0.6) is 0 Å². The van der Waals surface area contributed by atoms with Gasteiger partial charge in [-0.1, -0.05) is 17.3 Å². The first-order valence-electron chi connectivity index (χ1n) is 7.01. The monoisotopic (exact) mass is 338 g/mol. The Morgan fingerprint density at radius 1 is 1.17 bits per heavy atom. The Morgan fingerprint density at radius 3 is 2.62 bits per heavy atom. The van der Waals surface area contributed by atoms with Crippen LogP contribution in [0.2, 0.25) is 0 Å². The number of aromatic nitrogens is 6. The molecule has 0 aliphatic carbocycles. The van der Waals surface area contributed by atoms with Crippen LogP contribution in [-0.4, -0.2) is 41.3 Å². The second-order valence-electron chi connectivity index (χ2n) is 5.04. The third kappa shape index (κ3) is 3.59. The van der Waals surface area contributed by atoms with E-state index in [0.29, 0.717) is 11.4 Å². The Labute approximate surface area is 134 Å². The number of hydrogen-bond donors (Lipinski definition) is 1. The van der Waals surface area contributed by atoms with E-state index in [1.165, 1.54) is 41.5 Å². The number of halogens is 3.